The van der Waals surface area contributed by atoms with Crippen molar-refractivity contribution in [3.63, 3.8) is 0 Å². The van der Waals surface area contributed by atoms with Crippen LogP contribution in [0.4, 0.5) is 16.2 Å². The van der Waals surface area contributed by atoms with Crippen molar-refractivity contribution in [3.8, 4) is 11.1 Å². The molecule has 0 fully saturated rings. The molecule has 0 unspecified atom stereocenters. The van der Waals surface area contributed by atoms with Crippen LogP contribution in [-0.4, -0.2) is 39.3 Å². The molecule has 0 aromatic heterocycles. The lowest BCUT2D eigenvalue weighted by molar-refractivity contribution is -0.117. The first-order valence-corrected chi connectivity index (χ1v) is 11.8. The van der Waals surface area contributed by atoms with Crippen molar-refractivity contribution in [2.45, 2.75) is 38.1 Å². The smallest absolute Gasteiger partial charge is 0.415 e. The Morgan fingerprint density at radius 1 is 1.10 bits per heavy atom. The third kappa shape index (κ3) is 4.64. The van der Waals surface area contributed by atoms with E-state index in [1.807, 2.05) is 26.0 Å². The van der Waals surface area contributed by atoms with Crippen LogP contribution in [0.1, 0.15) is 27.2 Å². The molecule has 0 saturated heterocycles. The largest absolute Gasteiger partial charge is 0.419 e. The van der Waals surface area contributed by atoms with E-state index in [0.717, 1.165) is 17.4 Å². The van der Waals surface area contributed by atoms with Gasteiger partial charge in [-0.1, -0.05) is 31.7 Å². The summed E-state index contributed by atoms with van der Waals surface area (Å²) in [6, 6.07) is 11.7. The van der Waals surface area contributed by atoms with Crippen molar-refractivity contribution in [1.82, 2.24) is 0 Å². The second-order valence-corrected chi connectivity index (χ2v) is 9.62. The van der Waals surface area contributed by atoms with Gasteiger partial charge in [0.05, 0.1) is 22.3 Å². The molecule has 0 bridgehead atoms. The Hall–Kier alpha value is -3.13. The molecule has 0 N–H and O–H groups in total. The minimum absolute atomic E-state index is 0.120. The molecule has 2 amide bonds. The van der Waals surface area contributed by atoms with Crippen molar-refractivity contribution >= 4 is 33.2 Å². The number of carbonyl (C=O) groups excluding carboxylic acids is 2. The van der Waals surface area contributed by atoms with Gasteiger partial charge >= 0.3 is 6.09 Å². The zero-order valence-corrected chi connectivity index (χ0v) is 18.9. The Kier molecular flexibility index (Phi) is 6.22. The van der Waals surface area contributed by atoms with E-state index in [4.69, 9.17) is 4.74 Å². The fourth-order valence-electron chi connectivity index (χ4n) is 3.60. The van der Waals surface area contributed by atoms with E-state index in [0.29, 0.717) is 23.6 Å². The summed E-state index contributed by atoms with van der Waals surface area (Å²) in [6.45, 7) is 9.22. The summed E-state index contributed by atoms with van der Waals surface area (Å²) in [4.78, 5) is 28.5. The molecule has 2 aromatic carbocycles. The molecule has 8 heteroatoms. The maximum atomic E-state index is 12.8. The van der Waals surface area contributed by atoms with Gasteiger partial charge in [0.15, 0.2) is 9.84 Å². The maximum Gasteiger partial charge on any atom is 0.419 e. The van der Waals surface area contributed by atoms with E-state index in [-0.39, 0.29) is 23.4 Å². The molecule has 1 aliphatic rings. The molecule has 1 aliphatic heterocycles. The van der Waals surface area contributed by atoms with Crippen LogP contribution in [0, 0.1) is 0 Å². The van der Waals surface area contributed by atoms with E-state index in [1.165, 1.54) is 11.8 Å². The number of benzene rings is 2. The lowest BCUT2D eigenvalue weighted by atomic mass is 10.0. The lowest BCUT2D eigenvalue weighted by Gasteiger charge is -2.40. The number of anilines is 2. The molecular formula is C23H26N2O5S. The molecule has 0 radical (unpaired) electrons. The highest BCUT2D eigenvalue weighted by Gasteiger charge is 2.34. The fraction of sp³-hybridized carbons (Fsp3) is 0.304. The van der Waals surface area contributed by atoms with Crippen molar-refractivity contribution < 1.29 is 22.7 Å². The summed E-state index contributed by atoms with van der Waals surface area (Å²) in [5.74, 6) is 0.241. The van der Waals surface area contributed by atoms with Gasteiger partial charge in [-0.25, -0.2) is 13.2 Å². The molecule has 0 spiro atoms. The van der Waals surface area contributed by atoms with Crippen molar-refractivity contribution in [3.05, 3.63) is 54.8 Å². The van der Waals surface area contributed by atoms with Gasteiger partial charge in [-0.15, -0.1) is 0 Å². The van der Waals surface area contributed by atoms with E-state index in [9.17, 15) is 18.0 Å². The van der Waals surface area contributed by atoms with E-state index >= 15 is 0 Å². The predicted octanol–water partition coefficient (Wildman–Crippen LogP) is 4.38. The van der Waals surface area contributed by atoms with Crippen LogP contribution in [0.25, 0.3) is 11.1 Å². The summed E-state index contributed by atoms with van der Waals surface area (Å²) in [5.41, 5.74) is 2.73. The first-order chi connectivity index (χ1) is 14.5. The Labute approximate surface area is 182 Å². The highest BCUT2D eigenvalue weighted by atomic mass is 32.2. The summed E-state index contributed by atoms with van der Waals surface area (Å²) < 4.78 is 28.8. The van der Waals surface area contributed by atoms with Gasteiger partial charge in [0, 0.05) is 26.1 Å². The molecule has 1 atom stereocenters. The molecule has 164 valence electrons. The van der Waals surface area contributed by atoms with Gasteiger partial charge < -0.3 is 9.64 Å². The number of hydrogen-bond acceptors (Lipinski definition) is 5. The predicted molar refractivity (Wildman–Crippen MR) is 121 cm³/mol. The summed E-state index contributed by atoms with van der Waals surface area (Å²) in [6.07, 6.45) is 1.12. The van der Waals surface area contributed by atoms with Gasteiger partial charge in [0.2, 0.25) is 5.91 Å². The SMILES string of the molecule is C=C(CC)OC(=O)N1C[C@H](C)N(C(C)=O)c2ccc(-c3ccc(S(C)(=O)=O)cc3)cc21. The van der Waals surface area contributed by atoms with E-state index in [1.54, 1.807) is 35.2 Å². The minimum atomic E-state index is -3.30. The monoisotopic (exact) mass is 442 g/mol. The maximum absolute atomic E-state index is 12.8. The Morgan fingerprint density at radius 3 is 2.26 bits per heavy atom. The van der Waals surface area contributed by atoms with Crippen molar-refractivity contribution in [2.24, 2.45) is 0 Å². The average molecular weight is 443 g/mol. The number of rotatable bonds is 4. The minimum Gasteiger partial charge on any atom is -0.415 e. The quantitative estimate of drug-likeness (QED) is 0.656. The molecule has 2 aromatic rings. The number of amides is 2. The number of carbonyl (C=O) groups is 2. The lowest BCUT2D eigenvalue weighted by Crippen LogP contribution is -2.51. The van der Waals surface area contributed by atoms with Crippen molar-refractivity contribution in [2.75, 3.05) is 22.6 Å². The Balaban J connectivity index is 2.07. The van der Waals surface area contributed by atoms with Crippen molar-refractivity contribution in [1.29, 1.82) is 0 Å². The van der Waals surface area contributed by atoms with Crippen LogP contribution in [0.15, 0.2) is 59.7 Å². The van der Waals surface area contributed by atoms with E-state index < -0.39 is 15.9 Å². The van der Waals surface area contributed by atoms with E-state index in [2.05, 4.69) is 6.58 Å². The molecule has 0 saturated carbocycles. The summed E-state index contributed by atoms with van der Waals surface area (Å²) >= 11 is 0. The summed E-state index contributed by atoms with van der Waals surface area (Å²) in [7, 11) is -3.30. The van der Waals surface area contributed by atoms with Gasteiger partial charge in [-0.05, 0) is 42.3 Å². The van der Waals surface area contributed by atoms with Crippen LogP contribution < -0.4 is 9.80 Å². The van der Waals surface area contributed by atoms with Gasteiger partial charge in [0.1, 0.15) is 5.76 Å². The van der Waals surface area contributed by atoms with Crippen LogP contribution >= 0.6 is 0 Å². The molecule has 1 heterocycles. The molecule has 31 heavy (non-hydrogen) atoms. The molecule has 7 nitrogen and oxygen atoms in total. The normalized spacial score (nSPS) is 15.9. The number of ether oxygens (including phenoxy) is 1. The Bertz CT molecular complexity index is 1140. The third-order valence-corrected chi connectivity index (χ3v) is 6.34. The molecular weight excluding hydrogens is 416 g/mol. The number of nitrogens with zero attached hydrogens (tertiary/aromatic N) is 2. The zero-order chi connectivity index (χ0) is 22.9. The number of hydrogen-bond donors (Lipinski definition) is 0. The van der Waals surface area contributed by atoms with Crippen LogP contribution in [0.2, 0.25) is 0 Å². The summed E-state index contributed by atoms with van der Waals surface area (Å²) in [5, 5.41) is 0. The second kappa shape index (κ2) is 8.55. The number of allylic oxidation sites excluding steroid dienone is 1. The molecule has 3 rings (SSSR count). The number of sulfone groups is 1. The fourth-order valence-corrected chi connectivity index (χ4v) is 4.23. The highest BCUT2D eigenvalue weighted by Crippen LogP contribution is 2.39. The standard InChI is InChI=1S/C23H26N2O5S/c1-6-16(3)30-23(27)24-14-15(2)25(17(4)26)21-12-9-19(13-22(21)24)18-7-10-20(11-8-18)31(5,28)29/h7-13,15H,3,6,14H2,1-2,4-5H3/t15-/m0/s1. The first-order valence-electron chi connectivity index (χ1n) is 9.94. The zero-order valence-electron chi connectivity index (χ0n) is 18.1. The van der Waals surface area contributed by atoms with Gasteiger partial charge in [0.25, 0.3) is 0 Å². The molecule has 0 aliphatic carbocycles. The third-order valence-electron chi connectivity index (χ3n) is 5.21. The van der Waals surface area contributed by atoms with Crippen LogP contribution in [0.3, 0.4) is 0 Å². The Morgan fingerprint density at radius 2 is 1.71 bits per heavy atom. The average Bonchev–Trinajstić information content (AvgIpc) is 2.71. The number of fused-ring (bicyclic) bond motifs is 1. The van der Waals surface area contributed by atoms with Crippen LogP contribution in [0.5, 0.6) is 0 Å². The second-order valence-electron chi connectivity index (χ2n) is 7.61. The van der Waals surface area contributed by atoms with Crippen LogP contribution in [-0.2, 0) is 19.4 Å². The first kappa shape index (κ1) is 22.6. The van der Waals surface area contributed by atoms with Gasteiger partial charge in [-0.2, -0.15) is 0 Å². The topological polar surface area (TPSA) is 84.0 Å². The highest BCUT2D eigenvalue weighted by molar-refractivity contribution is 7.90. The van der Waals surface area contributed by atoms with Gasteiger partial charge in [-0.3, -0.25) is 9.69 Å².